The molecule has 0 saturated heterocycles. The van der Waals surface area contributed by atoms with Gasteiger partial charge in [0.25, 0.3) is 0 Å². The molecule has 0 fully saturated rings. The molecule has 2 nitrogen and oxygen atoms in total. The van der Waals surface area contributed by atoms with E-state index < -0.39 is 0 Å². The molecule has 17 heavy (non-hydrogen) atoms. The first-order chi connectivity index (χ1) is 8.34. The van der Waals surface area contributed by atoms with Gasteiger partial charge in [-0.1, -0.05) is 48.5 Å². The highest BCUT2D eigenvalue weighted by Crippen LogP contribution is 2.10. The van der Waals surface area contributed by atoms with Crippen molar-refractivity contribution < 1.29 is 4.74 Å². The first kappa shape index (κ1) is 11.7. The quantitative estimate of drug-likeness (QED) is 0.792. The molecule has 2 heteroatoms. The molecule has 1 atom stereocenters. The van der Waals surface area contributed by atoms with Gasteiger partial charge in [0.1, 0.15) is 12.0 Å². The number of para-hydroxylation sites is 1. The van der Waals surface area contributed by atoms with Crippen molar-refractivity contribution in [1.29, 1.82) is 0 Å². The van der Waals surface area contributed by atoms with Crippen molar-refractivity contribution in [1.82, 2.24) is 5.32 Å². The molecule has 0 aliphatic heterocycles. The van der Waals surface area contributed by atoms with Crippen LogP contribution in [0.3, 0.4) is 0 Å². The van der Waals surface area contributed by atoms with Crippen molar-refractivity contribution in [3.05, 3.63) is 66.2 Å². The summed E-state index contributed by atoms with van der Waals surface area (Å²) in [5.74, 6) is 0.889. The maximum absolute atomic E-state index is 5.72. The topological polar surface area (TPSA) is 21.3 Å². The van der Waals surface area contributed by atoms with Gasteiger partial charge in [-0.2, -0.15) is 0 Å². The molecule has 0 aromatic heterocycles. The molecule has 0 saturated carbocycles. The molecule has 88 valence electrons. The average Bonchev–Trinajstić information content (AvgIpc) is 2.39. The van der Waals surface area contributed by atoms with Gasteiger partial charge < -0.3 is 4.74 Å². The smallest absolute Gasteiger partial charge is 0.147 e. The van der Waals surface area contributed by atoms with Gasteiger partial charge in [-0.25, -0.2) is 0 Å². The Hall–Kier alpha value is -1.80. The normalized spacial score (nSPS) is 12.1. The van der Waals surface area contributed by atoms with E-state index in [9.17, 15) is 0 Å². The second-order valence-electron chi connectivity index (χ2n) is 3.94. The second kappa shape index (κ2) is 6.06. The minimum absolute atomic E-state index is 0.00222. The number of rotatable bonds is 5. The largest absolute Gasteiger partial charge is 0.476 e. The molecular formula is C15H17NO. The zero-order valence-electron chi connectivity index (χ0n) is 9.97. The van der Waals surface area contributed by atoms with Crippen LogP contribution in [0.5, 0.6) is 5.75 Å². The third kappa shape index (κ3) is 3.93. The Morgan fingerprint density at radius 3 is 2.18 bits per heavy atom. The molecule has 1 N–H and O–H groups in total. The summed E-state index contributed by atoms with van der Waals surface area (Å²) in [6.07, 6.45) is -0.00222. The van der Waals surface area contributed by atoms with Crippen LogP contribution in [0.2, 0.25) is 0 Å². The summed E-state index contributed by atoms with van der Waals surface area (Å²) in [7, 11) is 0. The Labute approximate surface area is 102 Å². The van der Waals surface area contributed by atoms with Crippen LogP contribution in [0, 0.1) is 0 Å². The molecule has 2 rings (SSSR count). The van der Waals surface area contributed by atoms with E-state index in [1.54, 1.807) is 0 Å². The highest BCUT2D eigenvalue weighted by Gasteiger charge is 2.02. The molecule has 0 bridgehead atoms. The van der Waals surface area contributed by atoms with Gasteiger partial charge in [-0.15, -0.1) is 0 Å². The maximum atomic E-state index is 5.72. The van der Waals surface area contributed by atoms with Crippen molar-refractivity contribution in [2.24, 2.45) is 0 Å². The van der Waals surface area contributed by atoms with Gasteiger partial charge in [0, 0.05) is 6.54 Å². The van der Waals surface area contributed by atoms with Crippen LogP contribution in [0.1, 0.15) is 12.5 Å². The molecule has 0 aliphatic carbocycles. The van der Waals surface area contributed by atoms with Crippen LogP contribution in [-0.2, 0) is 6.54 Å². The predicted octanol–water partition coefficient (Wildman–Crippen LogP) is 3.20. The van der Waals surface area contributed by atoms with Crippen LogP contribution in [0.4, 0.5) is 0 Å². The van der Waals surface area contributed by atoms with Gasteiger partial charge in [-0.3, -0.25) is 5.32 Å². The number of benzene rings is 2. The summed E-state index contributed by atoms with van der Waals surface area (Å²) in [6.45, 7) is 2.82. The average molecular weight is 227 g/mol. The summed E-state index contributed by atoms with van der Waals surface area (Å²) in [5.41, 5.74) is 1.26. The van der Waals surface area contributed by atoms with E-state index in [0.29, 0.717) is 0 Å². The van der Waals surface area contributed by atoms with E-state index in [0.717, 1.165) is 12.3 Å². The zero-order chi connectivity index (χ0) is 11.9. The summed E-state index contributed by atoms with van der Waals surface area (Å²) in [5, 5.41) is 3.33. The third-order valence-corrected chi connectivity index (χ3v) is 2.49. The van der Waals surface area contributed by atoms with Crippen molar-refractivity contribution in [2.75, 3.05) is 0 Å². The SMILES string of the molecule is CC(NCc1ccccc1)Oc1ccccc1. The fraction of sp³-hybridized carbons (Fsp3) is 0.200. The Balaban J connectivity index is 1.80. The van der Waals surface area contributed by atoms with Crippen LogP contribution >= 0.6 is 0 Å². The fourth-order valence-corrected chi connectivity index (χ4v) is 1.60. The number of hydrogen-bond donors (Lipinski definition) is 1. The molecule has 0 amide bonds. The molecule has 0 heterocycles. The minimum atomic E-state index is -0.00222. The molecule has 0 spiro atoms. The summed E-state index contributed by atoms with van der Waals surface area (Å²) >= 11 is 0. The molecule has 1 unspecified atom stereocenters. The van der Waals surface area contributed by atoms with E-state index in [1.165, 1.54) is 5.56 Å². The lowest BCUT2D eigenvalue weighted by Crippen LogP contribution is -2.30. The van der Waals surface area contributed by atoms with E-state index in [2.05, 4.69) is 17.4 Å². The van der Waals surface area contributed by atoms with Crippen LogP contribution in [0.25, 0.3) is 0 Å². The lowest BCUT2D eigenvalue weighted by Gasteiger charge is -2.16. The van der Waals surface area contributed by atoms with Crippen molar-refractivity contribution in [3.8, 4) is 5.75 Å². The summed E-state index contributed by atoms with van der Waals surface area (Å²) in [4.78, 5) is 0. The van der Waals surface area contributed by atoms with Gasteiger partial charge >= 0.3 is 0 Å². The molecule has 0 radical (unpaired) electrons. The minimum Gasteiger partial charge on any atom is -0.476 e. The molecular weight excluding hydrogens is 210 g/mol. The standard InChI is InChI=1S/C15H17NO/c1-13(17-15-10-6-3-7-11-15)16-12-14-8-4-2-5-9-14/h2-11,13,16H,12H2,1H3. The lowest BCUT2D eigenvalue weighted by atomic mass is 10.2. The molecule has 2 aromatic rings. The highest BCUT2D eigenvalue weighted by atomic mass is 16.5. The Morgan fingerprint density at radius 1 is 0.941 bits per heavy atom. The summed E-state index contributed by atoms with van der Waals surface area (Å²) in [6, 6.07) is 20.1. The van der Waals surface area contributed by atoms with E-state index in [-0.39, 0.29) is 6.23 Å². The fourth-order valence-electron chi connectivity index (χ4n) is 1.60. The highest BCUT2D eigenvalue weighted by molar-refractivity contribution is 5.21. The van der Waals surface area contributed by atoms with Crippen molar-refractivity contribution in [2.45, 2.75) is 19.7 Å². The predicted molar refractivity (Wildman–Crippen MR) is 69.8 cm³/mol. The lowest BCUT2D eigenvalue weighted by molar-refractivity contribution is 0.181. The van der Waals surface area contributed by atoms with Gasteiger partial charge in [0.2, 0.25) is 0 Å². The van der Waals surface area contributed by atoms with E-state index >= 15 is 0 Å². The number of ether oxygens (including phenoxy) is 1. The van der Waals surface area contributed by atoms with Crippen LogP contribution in [0.15, 0.2) is 60.7 Å². The van der Waals surface area contributed by atoms with Gasteiger partial charge in [0.15, 0.2) is 0 Å². The zero-order valence-corrected chi connectivity index (χ0v) is 9.97. The molecule has 2 aromatic carbocycles. The van der Waals surface area contributed by atoms with Crippen LogP contribution in [-0.4, -0.2) is 6.23 Å². The van der Waals surface area contributed by atoms with Crippen LogP contribution < -0.4 is 10.1 Å². The molecule has 0 aliphatic rings. The number of nitrogens with one attached hydrogen (secondary N) is 1. The van der Waals surface area contributed by atoms with Crippen molar-refractivity contribution in [3.63, 3.8) is 0 Å². The summed E-state index contributed by atoms with van der Waals surface area (Å²) < 4.78 is 5.72. The van der Waals surface area contributed by atoms with E-state index in [4.69, 9.17) is 4.74 Å². The number of hydrogen-bond acceptors (Lipinski definition) is 2. The Morgan fingerprint density at radius 2 is 1.53 bits per heavy atom. The third-order valence-electron chi connectivity index (χ3n) is 2.49. The Kier molecular flexibility index (Phi) is 4.17. The Bertz CT molecular complexity index is 427. The monoisotopic (exact) mass is 227 g/mol. The van der Waals surface area contributed by atoms with Gasteiger partial charge in [-0.05, 0) is 24.6 Å². The van der Waals surface area contributed by atoms with Gasteiger partial charge in [0.05, 0.1) is 0 Å². The second-order valence-corrected chi connectivity index (χ2v) is 3.94. The first-order valence-corrected chi connectivity index (χ1v) is 5.83. The van der Waals surface area contributed by atoms with Crippen molar-refractivity contribution >= 4 is 0 Å². The van der Waals surface area contributed by atoms with E-state index in [1.807, 2.05) is 55.5 Å². The maximum Gasteiger partial charge on any atom is 0.147 e. The first-order valence-electron chi connectivity index (χ1n) is 5.83.